The summed E-state index contributed by atoms with van der Waals surface area (Å²) >= 11 is 5.72. The van der Waals surface area contributed by atoms with Crippen LogP contribution in [0.4, 0.5) is 0 Å². The number of phenols is 1. The minimum atomic E-state index is -0.811. The number of rotatable bonds is 2. The first-order valence-corrected chi connectivity index (χ1v) is 4.69. The van der Waals surface area contributed by atoms with Crippen LogP contribution < -0.4 is 0 Å². The van der Waals surface area contributed by atoms with Crippen LogP contribution in [0.1, 0.15) is 17.9 Å². The largest absolute Gasteiger partial charge is 0.506 e. The minimum Gasteiger partial charge on any atom is -0.506 e. The highest BCUT2D eigenvalue weighted by Gasteiger charge is 2.45. The van der Waals surface area contributed by atoms with Crippen molar-refractivity contribution < 1.29 is 15.0 Å². The summed E-state index contributed by atoms with van der Waals surface area (Å²) in [6.45, 7) is 0. The topological polar surface area (TPSA) is 57.5 Å². The van der Waals surface area contributed by atoms with Crippen LogP contribution in [0.3, 0.4) is 0 Å². The average molecular weight is 213 g/mol. The molecule has 0 aromatic heterocycles. The zero-order chi connectivity index (χ0) is 10.3. The number of carbonyl (C=O) groups is 1. The van der Waals surface area contributed by atoms with Gasteiger partial charge in [0.15, 0.2) is 0 Å². The Bertz CT molecular complexity index is 389. The summed E-state index contributed by atoms with van der Waals surface area (Å²) in [5.41, 5.74) is 0.643. The summed E-state index contributed by atoms with van der Waals surface area (Å²) in [6.07, 6.45) is 0.587. The molecule has 1 aromatic carbocycles. The molecule has 4 heteroatoms. The maximum Gasteiger partial charge on any atom is 0.307 e. The number of para-hydroxylation sites is 1. The van der Waals surface area contributed by atoms with Crippen molar-refractivity contribution in [2.24, 2.45) is 5.92 Å². The molecule has 0 spiro atoms. The SMILES string of the molecule is O=C(O)C1CC1c1cccc(Cl)c1O. The summed E-state index contributed by atoms with van der Waals surface area (Å²) in [5, 5.41) is 18.6. The van der Waals surface area contributed by atoms with E-state index in [1.807, 2.05) is 0 Å². The Morgan fingerprint density at radius 3 is 2.79 bits per heavy atom. The van der Waals surface area contributed by atoms with Crippen LogP contribution in [0.25, 0.3) is 0 Å². The molecule has 3 nitrogen and oxygen atoms in total. The number of hydrogen-bond acceptors (Lipinski definition) is 2. The van der Waals surface area contributed by atoms with Gasteiger partial charge in [-0.25, -0.2) is 0 Å². The van der Waals surface area contributed by atoms with Gasteiger partial charge in [-0.3, -0.25) is 4.79 Å². The number of carboxylic acid groups (broad SMARTS) is 1. The maximum atomic E-state index is 10.6. The van der Waals surface area contributed by atoms with E-state index < -0.39 is 5.97 Å². The van der Waals surface area contributed by atoms with Gasteiger partial charge in [0.2, 0.25) is 0 Å². The van der Waals surface area contributed by atoms with Gasteiger partial charge in [0.25, 0.3) is 0 Å². The Hall–Kier alpha value is -1.22. The lowest BCUT2D eigenvalue weighted by molar-refractivity contribution is -0.138. The molecule has 2 unspecified atom stereocenters. The molecule has 0 aliphatic heterocycles. The van der Waals surface area contributed by atoms with Crippen LogP contribution in [0.2, 0.25) is 5.02 Å². The molecule has 0 amide bonds. The van der Waals surface area contributed by atoms with E-state index in [1.54, 1.807) is 18.2 Å². The van der Waals surface area contributed by atoms with E-state index in [1.165, 1.54) is 0 Å². The van der Waals surface area contributed by atoms with Crippen LogP contribution in [0.5, 0.6) is 5.75 Å². The predicted molar refractivity (Wildman–Crippen MR) is 51.6 cm³/mol. The lowest BCUT2D eigenvalue weighted by Gasteiger charge is -2.03. The molecule has 2 N–H and O–H groups in total. The molecule has 1 aromatic rings. The third kappa shape index (κ3) is 1.44. The third-order valence-corrected chi connectivity index (χ3v) is 2.83. The van der Waals surface area contributed by atoms with Gasteiger partial charge in [-0.1, -0.05) is 23.7 Å². The standard InChI is InChI=1S/C10H9ClO3/c11-8-3-1-2-5(9(8)12)6-4-7(6)10(13)14/h1-3,6-7,12H,4H2,(H,13,14). The lowest BCUT2D eigenvalue weighted by atomic mass is 10.1. The molecule has 0 radical (unpaired) electrons. The van der Waals surface area contributed by atoms with E-state index in [0.29, 0.717) is 12.0 Å². The van der Waals surface area contributed by atoms with Crippen molar-refractivity contribution >= 4 is 17.6 Å². The van der Waals surface area contributed by atoms with Crippen molar-refractivity contribution in [3.05, 3.63) is 28.8 Å². The van der Waals surface area contributed by atoms with E-state index in [4.69, 9.17) is 16.7 Å². The summed E-state index contributed by atoms with van der Waals surface area (Å²) in [7, 11) is 0. The van der Waals surface area contributed by atoms with Gasteiger partial charge in [-0.2, -0.15) is 0 Å². The van der Waals surface area contributed by atoms with Gasteiger partial charge in [-0.15, -0.1) is 0 Å². The molecular formula is C10H9ClO3. The average Bonchev–Trinajstić information content (AvgIpc) is 2.89. The highest BCUT2D eigenvalue weighted by atomic mass is 35.5. The molecule has 14 heavy (non-hydrogen) atoms. The first-order chi connectivity index (χ1) is 6.61. The van der Waals surface area contributed by atoms with Gasteiger partial charge in [-0.05, 0) is 18.1 Å². The van der Waals surface area contributed by atoms with Crippen molar-refractivity contribution in [2.75, 3.05) is 0 Å². The molecule has 1 saturated carbocycles. The summed E-state index contributed by atoms with van der Waals surface area (Å²) < 4.78 is 0. The van der Waals surface area contributed by atoms with Gasteiger partial charge in [0.1, 0.15) is 5.75 Å². The predicted octanol–water partition coefficient (Wildman–Crippen LogP) is 2.23. The second kappa shape index (κ2) is 3.17. The van der Waals surface area contributed by atoms with E-state index >= 15 is 0 Å². The quantitative estimate of drug-likeness (QED) is 0.791. The molecular weight excluding hydrogens is 204 g/mol. The first-order valence-electron chi connectivity index (χ1n) is 4.31. The van der Waals surface area contributed by atoms with Gasteiger partial charge in [0.05, 0.1) is 10.9 Å². The molecule has 0 bridgehead atoms. The fourth-order valence-electron chi connectivity index (χ4n) is 1.64. The third-order valence-electron chi connectivity index (χ3n) is 2.53. The van der Waals surface area contributed by atoms with Crippen molar-refractivity contribution in [2.45, 2.75) is 12.3 Å². The second-order valence-corrected chi connectivity index (χ2v) is 3.87. The molecule has 2 atom stereocenters. The van der Waals surface area contributed by atoms with E-state index in [2.05, 4.69) is 0 Å². The summed E-state index contributed by atoms with van der Waals surface area (Å²) in [4.78, 5) is 10.6. The van der Waals surface area contributed by atoms with Crippen LogP contribution in [0.15, 0.2) is 18.2 Å². The molecule has 0 heterocycles. The number of phenolic OH excluding ortho intramolecular Hbond substituents is 1. The number of carboxylic acids is 1. The summed E-state index contributed by atoms with van der Waals surface area (Å²) in [6, 6.07) is 5.02. The van der Waals surface area contributed by atoms with Gasteiger partial charge < -0.3 is 10.2 Å². The molecule has 74 valence electrons. The zero-order valence-electron chi connectivity index (χ0n) is 7.27. The molecule has 0 saturated heterocycles. The lowest BCUT2D eigenvalue weighted by Crippen LogP contribution is -1.99. The number of hydrogen-bond donors (Lipinski definition) is 2. The Balaban J connectivity index is 2.27. The fourth-order valence-corrected chi connectivity index (χ4v) is 1.82. The van der Waals surface area contributed by atoms with Crippen molar-refractivity contribution in [1.29, 1.82) is 0 Å². The van der Waals surface area contributed by atoms with Crippen LogP contribution in [-0.2, 0) is 4.79 Å². The number of aromatic hydroxyl groups is 1. The minimum absolute atomic E-state index is 0.0166. The van der Waals surface area contributed by atoms with Crippen LogP contribution in [-0.4, -0.2) is 16.2 Å². The normalized spacial score (nSPS) is 24.6. The number of benzene rings is 1. The fraction of sp³-hybridized carbons (Fsp3) is 0.300. The van der Waals surface area contributed by atoms with Gasteiger partial charge >= 0.3 is 5.97 Å². The Morgan fingerprint density at radius 2 is 2.21 bits per heavy atom. The maximum absolute atomic E-state index is 10.6. The number of halogens is 1. The Labute approximate surface area is 85.9 Å². The molecule has 1 aliphatic carbocycles. The number of aliphatic carboxylic acids is 1. The second-order valence-electron chi connectivity index (χ2n) is 3.46. The van der Waals surface area contributed by atoms with Crippen molar-refractivity contribution in [3.63, 3.8) is 0 Å². The van der Waals surface area contributed by atoms with Crippen molar-refractivity contribution in [1.82, 2.24) is 0 Å². The molecule has 2 rings (SSSR count). The smallest absolute Gasteiger partial charge is 0.307 e. The van der Waals surface area contributed by atoms with E-state index in [-0.39, 0.29) is 22.6 Å². The van der Waals surface area contributed by atoms with Crippen LogP contribution >= 0.6 is 11.6 Å². The Kier molecular flexibility index (Phi) is 2.11. The van der Waals surface area contributed by atoms with Gasteiger partial charge in [0, 0.05) is 5.92 Å². The molecule has 1 aliphatic rings. The monoisotopic (exact) mass is 212 g/mol. The Morgan fingerprint density at radius 1 is 1.50 bits per heavy atom. The zero-order valence-corrected chi connectivity index (χ0v) is 8.03. The van der Waals surface area contributed by atoms with Crippen molar-refractivity contribution in [3.8, 4) is 5.75 Å². The highest BCUT2D eigenvalue weighted by molar-refractivity contribution is 6.32. The first kappa shape index (κ1) is 9.34. The van der Waals surface area contributed by atoms with E-state index in [9.17, 15) is 9.90 Å². The molecule has 1 fully saturated rings. The van der Waals surface area contributed by atoms with E-state index in [0.717, 1.165) is 0 Å². The highest BCUT2D eigenvalue weighted by Crippen LogP contribution is 2.51. The van der Waals surface area contributed by atoms with Crippen LogP contribution in [0, 0.1) is 5.92 Å². The summed E-state index contributed by atoms with van der Waals surface area (Å²) in [5.74, 6) is -1.23.